The Hall–Kier alpha value is -4.66. The van der Waals surface area contributed by atoms with Crippen LogP contribution in [-0.2, 0) is 4.79 Å². The molecule has 1 fully saturated rings. The number of piperazine rings is 1. The summed E-state index contributed by atoms with van der Waals surface area (Å²) < 4.78 is 16.5. The largest absolute Gasteiger partial charge is 0.366 e. The van der Waals surface area contributed by atoms with Crippen molar-refractivity contribution in [2.24, 2.45) is 0 Å². The number of amides is 1. The number of carbonyl (C=O) groups is 1. The first-order valence-corrected chi connectivity index (χ1v) is 16.0. The van der Waals surface area contributed by atoms with Gasteiger partial charge in [-0.3, -0.25) is 14.2 Å². The van der Waals surface area contributed by atoms with Gasteiger partial charge in [-0.05, 0) is 44.1 Å². The van der Waals surface area contributed by atoms with Gasteiger partial charge in [-0.1, -0.05) is 57.5 Å². The highest BCUT2D eigenvalue weighted by atomic mass is 35.5. The molecular formula is C35H38ClFN8O2. The third-order valence-corrected chi connectivity index (χ3v) is 8.44. The molecule has 0 bridgehead atoms. The zero-order valence-electron chi connectivity index (χ0n) is 27.5. The molecule has 1 amide bonds. The first-order chi connectivity index (χ1) is 22.4. The highest BCUT2D eigenvalue weighted by Crippen LogP contribution is 2.38. The first kappa shape index (κ1) is 33.7. The number of rotatable bonds is 8. The average Bonchev–Trinajstić information content (AvgIpc) is 3.04. The molecule has 0 spiro atoms. The summed E-state index contributed by atoms with van der Waals surface area (Å²) in [6.07, 6.45) is 4.87. The van der Waals surface area contributed by atoms with Gasteiger partial charge >= 0.3 is 0 Å². The monoisotopic (exact) mass is 656 g/mol. The number of hydrogen-bond acceptors (Lipinski definition) is 8. The average molecular weight is 657 g/mol. The van der Waals surface area contributed by atoms with E-state index in [0.717, 1.165) is 0 Å². The molecule has 0 saturated carbocycles. The summed E-state index contributed by atoms with van der Waals surface area (Å²) >= 11 is 6.85. The van der Waals surface area contributed by atoms with Gasteiger partial charge in [-0.2, -0.15) is 5.26 Å². The molecule has 5 rings (SSSR count). The molecule has 0 radical (unpaired) electrons. The van der Waals surface area contributed by atoms with E-state index in [9.17, 15) is 14.9 Å². The Kier molecular flexibility index (Phi) is 10.0. The fraction of sp³-hybridized carbons (Fsp3) is 0.371. The second-order valence-electron chi connectivity index (χ2n) is 12.4. The topological polar surface area (TPSA) is 111 Å². The van der Waals surface area contributed by atoms with Crippen molar-refractivity contribution in [2.45, 2.75) is 39.5 Å². The van der Waals surface area contributed by atoms with Crippen LogP contribution in [0.2, 0.25) is 5.02 Å². The SMILES string of the molecule is CC(C)c1ncnc(C(C)C)c1-n1c(=O)c(C#N)c(N2CCN(C(=O)C=CCN(C)C)CC2)c2cc(Cl)c(-c3ccccc3F)nc21. The van der Waals surface area contributed by atoms with Crippen LogP contribution in [0.15, 0.2) is 53.6 Å². The van der Waals surface area contributed by atoms with Gasteiger partial charge in [0.15, 0.2) is 0 Å². The van der Waals surface area contributed by atoms with E-state index in [1.807, 2.05) is 57.7 Å². The minimum Gasteiger partial charge on any atom is -0.366 e. The Morgan fingerprint density at radius 3 is 2.28 bits per heavy atom. The molecule has 1 aliphatic heterocycles. The van der Waals surface area contributed by atoms with Crippen molar-refractivity contribution < 1.29 is 9.18 Å². The van der Waals surface area contributed by atoms with E-state index in [1.54, 1.807) is 35.2 Å². The number of pyridine rings is 2. The van der Waals surface area contributed by atoms with Crippen LogP contribution < -0.4 is 10.5 Å². The molecule has 1 saturated heterocycles. The summed E-state index contributed by atoms with van der Waals surface area (Å²) in [5.41, 5.74) is 1.92. The van der Waals surface area contributed by atoms with Crippen LogP contribution in [0.3, 0.4) is 0 Å². The zero-order valence-corrected chi connectivity index (χ0v) is 28.2. The van der Waals surface area contributed by atoms with Gasteiger partial charge in [0.25, 0.3) is 5.56 Å². The molecule has 0 atom stereocenters. The minimum absolute atomic E-state index is 0.0899. The highest BCUT2D eigenvalue weighted by Gasteiger charge is 2.30. The number of aromatic nitrogens is 4. The molecular weight excluding hydrogens is 619 g/mol. The van der Waals surface area contributed by atoms with Gasteiger partial charge in [-0.15, -0.1) is 0 Å². The smallest absolute Gasteiger partial charge is 0.276 e. The van der Waals surface area contributed by atoms with E-state index in [-0.39, 0.29) is 45.2 Å². The summed E-state index contributed by atoms with van der Waals surface area (Å²) in [6.45, 7) is 10.0. The van der Waals surface area contributed by atoms with E-state index < -0.39 is 11.4 Å². The fourth-order valence-corrected chi connectivity index (χ4v) is 6.10. The Morgan fingerprint density at radius 2 is 1.70 bits per heavy atom. The minimum atomic E-state index is -0.590. The van der Waals surface area contributed by atoms with Gasteiger partial charge in [0.05, 0.1) is 33.5 Å². The van der Waals surface area contributed by atoms with Crippen molar-refractivity contribution in [3.8, 4) is 23.0 Å². The van der Waals surface area contributed by atoms with Crippen LogP contribution in [0.4, 0.5) is 10.1 Å². The molecule has 12 heteroatoms. The van der Waals surface area contributed by atoms with Crippen molar-refractivity contribution in [1.29, 1.82) is 5.26 Å². The second-order valence-corrected chi connectivity index (χ2v) is 12.8. The van der Waals surface area contributed by atoms with Crippen LogP contribution in [0, 0.1) is 17.1 Å². The molecule has 47 heavy (non-hydrogen) atoms. The van der Waals surface area contributed by atoms with E-state index >= 15 is 4.39 Å². The van der Waals surface area contributed by atoms with E-state index in [2.05, 4.69) is 16.0 Å². The maximum atomic E-state index is 15.1. The van der Waals surface area contributed by atoms with E-state index in [1.165, 1.54) is 17.0 Å². The maximum absolute atomic E-state index is 15.1. The summed E-state index contributed by atoms with van der Waals surface area (Å²) in [4.78, 5) is 47.1. The van der Waals surface area contributed by atoms with Crippen molar-refractivity contribution in [3.05, 3.63) is 87.0 Å². The number of benzene rings is 1. The summed E-state index contributed by atoms with van der Waals surface area (Å²) in [5.74, 6) is -0.821. The molecule has 1 aliphatic rings. The van der Waals surface area contributed by atoms with E-state index in [4.69, 9.17) is 16.6 Å². The Bertz CT molecular complexity index is 1930. The maximum Gasteiger partial charge on any atom is 0.276 e. The van der Waals surface area contributed by atoms with Crippen molar-refractivity contribution >= 4 is 34.2 Å². The third kappa shape index (κ3) is 6.62. The lowest BCUT2D eigenvalue weighted by atomic mass is 10.00. The summed E-state index contributed by atoms with van der Waals surface area (Å²) in [7, 11) is 3.86. The number of anilines is 1. The van der Waals surface area contributed by atoms with Crippen LogP contribution >= 0.6 is 11.6 Å². The Balaban J connectivity index is 1.77. The number of carbonyl (C=O) groups excluding carboxylic acids is 1. The van der Waals surface area contributed by atoms with Crippen molar-refractivity contribution in [1.82, 2.24) is 29.3 Å². The van der Waals surface area contributed by atoms with Crippen molar-refractivity contribution in [3.63, 3.8) is 0 Å². The zero-order chi connectivity index (χ0) is 34.0. The standard InChI is InChI=1S/C35H38ClFN8O2/c1-21(2)29-33(30(22(3)4)40-20-39-29)45-34-24(18-26(36)31(41-34)23-10-7-8-11-27(23)37)32(25(19-38)35(45)47)44-16-14-43(15-17-44)28(46)12-9-13-42(5)6/h7-12,18,20-22H,13-17H2,1-6H3. The van der Waals surface area contributed by atoms with Gasteiger partial charge in [0, 0.05) is 49.7 Å². The summed E-state index contributed by atoms with van der Waals surface area (Å²) in [5, 5.41) is 11.1. The quantitative estimate of drug-likeness (QED) is 0.228. The number of nitriles is 1. The first-order valence-electron chi connectivity index (χ1n) is 15.6. The predicted molar refractivity (Wildman–Crippen MR) is 183 cm³/mol. The number of halogens is 2. The lowest BCUT2D eigenvalue weighted by molar-refractivity contribution is -0.126. The lowest BCUT2D eigenvalue weighted by Crippen LogP contribution is -2.49. The summed E-state index contributed by atoms with van der Waals surface area (Å²) in [6, 6.07) is 9.98. The van der Waals surface area contributed by atoms with Gasteiger partial charge in [0.2, 0.25) is 5.91 Å². The van der Waals surface area contributed by atoms with Gasteiger partial charge < -0.3 is 14.7 Å². The van der Waals surface area contributed by atoms with Gasteiger partial charge in [-0.25, -0.2) is 19.3 Å². The molecule has 0 unspecified atom stereocenters. The number of hydrogen-bond donors (Lipinski definition) is 0. The molecule has 244 valence electrons. The third-order valence-electron chi connectivity index (χ3n) is 8.15. The molecule has 4 aromatic rings. The predicted octanol–water partition coefficient (Wildman–Crippen LogP) is 5.52. The number of fused-ring (bicyclic) bond motifs is 1. The Morgan fingerprint density at radius 1 is 1.06 bits per heavy atom. The van der Waals surface area contributed by atoms with Crippen LogP contribution in [-0.4, -0.2) is 82.0 Å². The van der Waals surface area contributed by atoms with E-state index in [0.29, 0.717) is 60.9 Å². The van der Waals surface area contributed by atoms with Gasteiger partial charge in [0.1, 0.15) is 29.4 Å². The molecule has 0 aliphatic carbocycles. The molecule has 0 N–H and O–H groups in total. The highest BCUT2D eigenvalue weighted by molar-refractivity contribution is 6.34. The molecule has 10 nitrogen and oxygen atoms in total. The van der Waals surface area contributed by atoms with Crippen LogP contribution in [0.25, 0.3) is 28.0 Å². The van der Waals surface area contributed by atoms with Crippen molar-refractivity contribution in [2.75, 3.05) is 51.7 Å². The van der Waals surface area contributed by atoms with Crippen LogP contribution in [0.1, 0.15) is 56.5 Å². The normalized spacial score (nSPS) is 13.8. The fourth-order valence-electron chi connectivity index (χ4n) is 5.85. The molecule has 1 aromatic carbocycles. The second kappa shape index (κ2) is 14.0. The Labute approximate surface area is 278 Å². The van der Waals surface area contributed by atoms with Crippen LogP contribution in [0.5, 0.6) is 0 Å². The number of nitrogens with zero attached hydrogens (tertiary/aromatic N) is 8. The molecule has 3 aromatic heterocycles. The molecule has 4 heterocycles. The number of likely N-dealkylation sites (N-methyl/N-ethyl adjacent to an activating group) is 1. The lowest BCUT2D eigenvalue weighted by Gasteiger charge is -2.36.